The lowest BCUT2D eigenvalue weighted by molar-refractivity contribution is 1.15. The average molecular weight is 591 g/mol. The number of benzene rings is 7. The van der Waals surface area contributed by atoms with Crippen LogP contribution in [0.1, 0.15) is 0 Å². The molecular formula is C42H26N2S. The van der Waals surface area contributed by atoms with Crippen molar-refractivity contribution in [2.75, 3.05) is 0 Å². The van der Waals surface area contributed by atoms with Gasteiger partial charge in [-0.25, -0.2) is 0 Å². The summed E-state index contributed by atoms with van der Waals surface area (Å²) >= 11 is 1.86. The van der Waals surface area contributed by atoms with E-state index in [9.17, 15) is 0 Å². The summed E-state index contributed by atoms with van der Waals surface area (Å²) < 4.78 is 7.58. The first-order valence-corrected chi connectivity index (χ1v) is 16.2. The lowest BCUT2D eigenvalue weighted by Crippen LogP contribution is -1.98. The molecule has 0 aliphatic carbocycles. The first kappa shape index (κ1) is 24.8. The maximum atomic E-state index is 2.46. The van der Waals surface area contributed by atoms with Gasteiger partial charge in [0.05, 0.1) is 22.1 Å². The molecule has 0 unspecified atom stereocenters. The molecule has 3 heteroatoms. The van der Waals surface area contributed by atoms with Crippen LogP contribution >= 0.6 is 11.3 Å². The van der Waals surface area contributed by atoms with Crippen molar-refractivity contribution in [2.24, 2.45) is 0 Å². The molecule has 0 amide bonds. The summed E-state index contributed by atoms with van der Waals surface area (Å²) in [6, 6.07) is 57.7. The molecule has 10 rings (SSSR count). The summed E-state index contributed by atoms with van der Waals surface area (Å²) in [5.41, 5.74) is 9.68. The van der Waals surface area contributed by atoms with Crippen LogP contribution in [0.15, 0.2) is 158 Å². The van der Waals surface area contributed by atoms with Crippen molar-refractivity contribution in [3.8, 4) is 22.5 Å². The first-order valence-electron chi connectivity index (χ1n) is 15.4. The summed E-state index contributed by atoms with van der Waals surface area (Å²) in [7, 11) is 0. The number of rotatable bonds is 3. The highest BCUT2D eigenvalue weighted by Crippen LogP contribution is 2.42. The van der Waals surface area contributed by atoms with Crippen LogP contribution in [0, 0.1) is 0 Å². The van der Waals surface area contributed by atoms with E-state index in [0.29, 0.717) is 0 Å². The number of hydrogen-bond acceptors (Lipinski definition) is 1. The maximum absolute atomic E-state index is 2.46. The van der Waals surface area contributed by atoms with Crippen LogP contribution in [0.5, 0.6) is 0 Å². The van der Waals surface area contributed by atoms with E-state index in [4.69, 9.17) is 0 Å². The molecule has 0 saturated carbocycles. The summed E-state index contributed by atoms with van der Waals surface area (Å²) in [5, 5.41) is 7.71. The number of aromatic nitrogens is 2. The molecule has 0 saturated heterocycles. The van der Waals surface area contributed by atoms with E-state index in [-0.39, 0.29) is 0 Å². The van der Waals surface area contributed by atoms with Crippen molar-refractivity contribution in [2.45, 2.75) is 0 Å². The van der Waals surface area contributed by atoms with Crippen molar-refractivity contribution in [1.29, 1.82) is 0 Å². The van der Waals surface area contributed by atoms with E-state index in [1.54, 1.807) is 0 Å². The molecular weight excluding hydrogens is 565 g/mol. The summed E-state index contributed by atoms with van der Waals surface area (Å²) in [5.74, 6) is 0. The molecule has 0 radical (unpaired) electrons. The highest BCUT2D eigenvalue weighted by Gasteiger charge is 2.21. The Balaban J connectivity index is 1.24. The van der Waals surface area contributed by atoms with Gasteiger partial charge in [0.1, 0.15) is 0 Å². The van der Waals surface area contributed by atoms with Gasteiger partial charge in [0.2, 0.25) is 0 Å². The van der Waals surface area contributed by atoms with Gasteiger partial charge in [0.15, 0.2) is 0 Å². The third kappa shape index (κ3) is 3.56. The summed E-state index contributed by atoms with van der Waals surface area (Å²) in [6.45, 7) is 0. The maximum Gasteiger partial charge on any atom is 0.0788 e. The molecule has 210 valence electrons. The summed E-state index contributed by atoms with van der Waals surface area (Å²) in [4.78, 5) is 0. The monoisotopic (exact) mass is 590 g/mol. The molecule has 0 aliphatic rings. The smallest absolute Gasteiger partial charge is 0.0788 e. The molecule has 0 aliphatic heterocycles. The van der Waals surface area contributed by atoms with Gasteiger partial charge in [0, 0.05) is 53.1 Å². The number of thiophene rings is 1. The Morgan fingerprint density at radius 2 is 0.844 bits per heavy atom. The van der Waals surface area contributed by atoms with Gasteiger partial charge in [-0.05, 0) is 65.7 Å². The molecule has 3 aromatic heterocycles. The Morgan fingerprint density at radius 1 is 0.333 bits per heavy atom. The van der Waals surface area contributed by atoms with Crippen molar-refractivity contribution in [3.05, 3.63) is 158 Å². The van der Waals surface area contributed by atoms with Crippen molar-refractivity contribution < 1.29 is 0 Å². The number of fused-ring (bicyclic) bond motifs is 10. The van der Waals surface area contributed by atoms with E-state index >= 15 is 0 Å². The molecule has 3 heterocycles. The largest absolute Gasteiger partial charge is 0.307 e. The van der Waals surface area contributed by atoms with Crippen LogP contribution in [-0.2, 0) is 0 Å². The second-order valence-corrected chi connectivity index (χ2v) is 12.8. The van der Waals surface area contributed by atoms with Crippen LogP contribution in [0.4, 0.5) is 0 Å². The topological polar surface area (TPSA) is 9.86 Å². The Labute approximate surface area is 263 Å². The van der Waals surface area contributed by atoms with Crippen molar-refractivity contribution in [3.63, 3.8) is 0 Å². The van der Waals surface area contributed by atoms with Gasteiger partial charge in [-0.15, -0.1) is 11.3 Å². The fraction of sp³-hybridized carbons (Fsp3) is 0. The summed E-state index contributed by atoms with van der Waals surface area (Å²) in [6.07, 6.45) is 0. The van der Waals surface area contributed by atoms with Crippen molar-refractivity contribution >= 4 is 75.1 Å². The van der Waals surface area contributed by atoms with Crippen LogP contribution in [-0.4, -0.2) is 9.13 Å². The Bertz CT molecular complexity index is 2740. The van der Waals surface area contributed by atoms with Gasteiger partial charge < -0.3 is 9.13 Å². The first-order chi connectivity index (χ1) is 22.3. The minimum absolute atomic E-state index is 1.16. The number of para-hydroxylation sites is 3. The minimum atomic E-state index is 1.16. The lowest BCUT2D eigenvalue weighted by Gasteiger charge is -2.13. The van der Waals surface area contributed by atoms with Gasteiger partial charge in [-0.2, -0.15) is 0 Å². The fourth-order valence-electron chi connectivity index (χ4n) is 7.32. The molecule has 0 spiro atoms. The predicted octanol–water partition coefficient (Wildman–Crippen LogP) is 11.9. The zero-order valence-electron chi connectivity index (χ0n) is 24.3. The number of hydrogen-bond donors (Lipinski definition) is 0. The molecule has 7 aromatic carbocycles. The quantitative estimate of drug-likeness (QED) is 0.194. The second-order valence-electron chi connectivity index (χ2n) is 11.8. The van der Waals surface area contributed by atoms with Gasteiger partial charge in [-0.1, -0.05) is 103 Å². The highest BCUT2D eigenvalue weighted by molar-refractivity contribution is 7.25. The second kappa shape index (κ2) is 9.43. The Morgan fingerprint density at radius 3 is 1.51 bits per heavy atom. The van der Waals surface area contributed by atoms with Gasteiger partial charge in [-0.3, -0.25) is 0 Å². The minimum Gasteiger partial charge on any atom is -0.307 e. The molecule has 10 aromatic rings. The zero-order chi connectivity index (χ0) is 29.5. The molecule has 0 fully saturated rings. The van der Waals surface area contributed by atoms with Crippen molar-refractivity contribution in [1.82, 2.24) is 9.13 Å². The Kier molecular flexibility index (Phi) is 5.19. The average Bonchev–Trinajstić information content (AvgIpc) is 3.76. The highest BCUT2D eigenvalue weighted by atomic mass is 32.1. The van der Waals surface area contributed by atoms with Gasteiger partial charge >= 0.3 is 0 Å². The van der Waals surface area contributed by atoms with Gasteiger partial charge in [0.25, 0.3) is 0 Å². The SMILES string of the molecule is c1ccc(-n2c3ccccc3c3ccc4c5ccccc5n(-c5ccc(-c6ccc7sc8ccccc8c7c6)cc5)c4c32)cc1. The normalized spacial score (nSPS) is 12.0. The van der Waals surface area contributed by atoms with E-state index in [2.05, 4.69) is 167 Å². The van der Waals surface area contributed by atoms with E-state index in [1.807, 2.05) is 11.3 Å². The molecule has 0 N–H and O–H groups in total. The molecule has 0 atom stereocenters. The van der Waals surface area contributed by atoms with E-state index < -0.39 is 0 Å². The van der Waals surface area contributed by atoms with Crippen LogP contribution in [0.3, 0.4) is 0 Å². The Hall–Kier alpha value is -5.64. The lowest BCUT2D eigenvalue weighted by atomic mass is 10.0. The van der Waals surface area contributed by atoms with Crippen LogP contribution in [0.25, 0.3) is 86.3 Å². The third-order valence-electron chi connectivity index (χ3n) is 9.32. The molecule has 2 nitrogen and oxygen atoms in total. The third-order valence-corrected chi connectivity index (χ3v) is 10.5. The molecule has 0 bridgehead atoms. The predicted molar refractivity (Wildman–Crippen MR) is 193 cm³/mol. The van der Waals surface area contributed by atoms with E-state index in [0.717, 1.165) is 5.69 Å². The fourth-order valence-corrected chi connectivity index (χ4v) is 8.41. The molecule has 45 heavy (non-hydrogen) atoms. The zero-order valence-corrected chi connectivity index (χ0v) is 25.1. The standard InChI is InChI=1S/C42H26N2S/c1-2-10-29(11-3-1)43-37-15-7-4-12-31(37)34-23-24-35-32-13-5-8-16-38(32)44(42(35)41(34)43)30-21-18-27(19-22-30)28-20-25-40-36(26-28)33-14-6-9-17-39(33)45-40/h1-26H. The van der Waals surface area contributed by atoms with Crippen LogP contribution < -0.4 is 0 Å². The number of nitrogens with zero attached hydrogens (tertiary/aromatic N) is 2. The van der Waals surface area contributed by atoms with Crippen LogP contribution in [0.2, 0.25) is 0 Å². The van der Waals surface area contributed by atoms with E-state index in [1.165, 1.54) is 80.6 Å².